The van der Waals surface area contributed by atoms with Gasteiger partial charge in [-0.05, 0) is 38.1 Å². The quantitative estimate of drug-likeness (QED) is 0.733. The number of carbonyl (C=O) groups excluding carboxylic acids is 1. The zero-order valence-electron chi connectivity index (χ0n) is 16.5. The molecule has 0 aliphatic heterocycles. The van der Waals surface area contributed by atoms with Crippen LogP contribution in [0.5, 0.6) is 5.75 Å². The molecule has 146 valence electrons. The lowest BCUT2D eigenvalue weighted by atomic mass is 10.2. The molecule has 1 heterocycles. The minimum absolute atomic E-state index is 0.100. The maximum Gasteiger partial charge on any atom is 0.322 e. The van der Waals surface area contributed by atoms with Crippen molar-refractivity contribution in [1.29, 1.82) is 0 Å². The number of carbonyl (C=O) groups is 1. The number of amides is 2. The number of hydrogen-bond acceptors (Lipinski definition) is 4. The van der Waals surface area contributed by atoms with Crippen LogP contribution in [0.4, 0.5) is 10.5 Å². The van der Waals surface area contributed by atoms with Crippen molar-refractivity contribution in [3.63, 3.8) is 0 Å². The van der Waals surface area contributed by atoms with Gasteiger partial charge in [-0.3, -0.25) is 9.36 Å². The molecule has 1 N–H and O–H groups in total. The number of aromatic nitrogens is 2. The number of nitrogens with zero attached hydrogens (tertiary/aromatic N) is 3. The van der Waals surface area contributed by atoms with Crippen molar-refractivity contribution in [2.24, 2.45) is 0 Å². The summed E-state index contributed by atoms with van der Waals surface area (Å²) in [6.07, 6.45) is 0. The highest BCUT2D eigenvalue weighted by Crippen LogP contribution is 2.21. The van der Waals surface area contributed by atoms with Crippen molar-refractivity contribution < 1.29 is 9.53 Å². The van der Waals surface area contributed by atoms with E-state index in [1.165, 1.54) is 4.90 Å². The smallest absolute Gasteiger partial charge is 0.322 e. The second-order valence-electron chi connectivity index (χ2n) is 6.49. The van der Waals surface area contributed by atoms with Crippen molar-refractivity contribution in [3.8, 4) is 5.75 Å². The third kappa shape index (κ3) is 3.69. The maximum atomic E-state index is 12.8. The number of nitrogens with one attached hydrogen (secondary N) is 1. The Kier molecular flexibility index (Phi) is 5.63. The number of hydrogen-bond donors (Lipinski definition) is 1. The SMILES string of the molecule is CCn1c(C(C)N(C)C(=O)Nc2cccc(OC)c2)nc2ccccc2c1=O. The van der Waals surface area contributed by atoms with E-state index in [0.29, 0.717) is 34.7 Å². The Hall–Kier alpha value is -3.35. The van der Waals surface area contributed by atoms with Gasteiger partial charge in [-0.25, -0.2) is 9.78 Å². The summed E-state index contributed by atoms with van der Waals surface area (Å²) in [5.41, 5.74) is 1.15. The van der Waals surface area contributed by atoms with Gasteiger partial charge in [-0.2, -0.15) is 0 Å². The third-order valence-electron chi connectivity index (χ3n) is 4.80. The van der Waals surface area contributed by atoms with Gasteiger partial charge in [0.25, 0.3) is 5.56 Å². The summed E-state index contributed by atoms with van der Waals surface area (Å²) in [7, 11) is 3.26. The van der Waals surface area contributed by atoms with E-state index in [1.807, 2.05) is 32.0 Å². The number of fused-ring (bicyclic) bond motifs is 1. The molecule has 0 saturated heterocycles. The topological polar surface area (TPSA) is 76.5 Å². The van der Waals surface area contributed by atoms with E-state index in [1.54, 1.807) is 49.1 Å². The van der Waals surface area contributed by atoms with E-state index in [0.717, 1.165) is 0 Å². The molecule has 0 aliphatic rings. The summed E-state index contributed by atoms with van der Waals surface area (Å²) < 4.78 is 6.80. The molecule has 28 heavy (non-hydrogen) atoms. The number of methoxy groups -OCH3 is 1. The molecule has 0 bridgehead atoms. The Bertz CT molecular complexity index is 1060. The molecule has 2 amide bonds. The molecule has 0 saturated carbocycles. The largest absolute Gasteiger partial charge is 0.497 e. The standard InChI is InChI=1S/C21H24N4O3/c1-5-25-19(23-18-12-7-6-11-17(18)20(25)26)14(2)24(3)21(27)22-15-9-8-10-16(13-15)28-4/h6-14H,5H2,1-4H3,(H,22,27). The molecule has 3 rings (SSSR count). The maximum absolute atomic E-state index is 12.8. The third-order valence-corrected chi connectivity index (χ3v) is 4.80. The van der Waals surface area contributed by atoms with Gasteiger partial charge in [-0.1, -0.05) is 18.2 Å². The second-order valence-corrected chi connectivity index (χ2v) is 6.49. The van der Waals surface area contributed by atoms with E-state index in [2.05, 4.69) is 10.3 Å². The zero-order valence-corrected chi connectivity index (χ0v) is 16.5. The van der Waals surface area contributed by atoms with Crippen molar-refractivity contribution in [1.82, 2.24) is 14.5 Å². The number of ether oxygens (including phenoxy) is 1. The predicted molar refractivity (Wildman–Crippen MR) is 110 cm³/mol. The lowest BCUT2D eigenvalue weighted by molar-refractivity contribution is 0.204. The summed E-state index contributed by atoms with van der Waals surface area (Å²) in [4.78, 5) is 31.8. The average molecular weight is 380 g/mol. The van der Waals surface area contributed by atoms with Crippen LogP contribution in [0.15, 0.2) is 53.3 Å². The molecule has 3 aromatic rings. The molecular weight excluding hydrogens is 356 g/mol. The highest BCUT2D eigenvalue weighted by atomic mass is 16.5. The number of rotatable bonds is 5. The normalized spacial score (nSPS) is 11.9. The second kappa shape index (κ2) is 8.12. The van der Waals surface area contributed by atoms with Gasteiger partial charge in [0.1, 0.15) is 11.6 Å². The fourth-order valence-electron chi connectivity index (χ4n) is 3.07. The fourth-order valence-corrected chi connectivity index (χ4v) is 3.07. The highest BCUT2D eigenvalue weighted by molar-refractivity contribution is 5.89. The number of urea groups is 1. The molecule has 7 nitrogen and oxygen atoms in total. The van der Waals surface area contributed by atoms with Gasteiger partial charge in [0.05, 0.1) is 24.1 Å². The summed E-state index contributed by atoms with van der Waals surface area (Å²) in [5, 5.41) is 3.42. The van der Waals surface area contributed by atoms with Crippen LogP contribution in [0.3, 0.4) is 0 Å². The van der Waals surface area contributed by atoms with E-state index < -0.39 is 6.04 Å². The fraction of sp³-hybridized carbons (Fsp3) is 0.286. The first-order valence-electron chi connectivity index (χ1n) is 9.13. The van der Waals surface area contributed by atoms with Crippen LogP contribution in [0.25, 0.3) is 10.9 Å². The lowest BCUT2D eigenvalue weighted by Crippen LogP contribution is -2.37. The first kappa shape index (κ1) is 19.4. The lowest BCUT2D eigenvalue weighted by Gasteiger charge is -2.27. The van der Waals surface area contributed by atoms with Gasteiger partial charge in [0, 0.05) is 25.3 Å². The van der Waals surface area contributed by atoms with E-state index >= 15 is 0 Å². The Morgan fingerprint density at radius 1 is 1.25 bits per heavy atom. The highest BCUT2D eigenvalue weighted by Gasteiger charge is 2.23. The Balaban J connectivity index is 1.91. The van der Waals surface area contributed by atoms with Crippen LogP contribution >= 0.6 is 0 Å². The molecule has 1 aromatic heterocycles. The molecule has 1 atom stereocenters. The number of benzene rings is 2. The Morgan fingerprint density at radius 3 is 2.71 bits per heavy atom. The Morgan fingerprint density at radius 2 is 2.00 bits per heavy atom. The van der Waals surface area contributed by atoms with Gasteiger partial charge in [0.2, 0.25) is 0 Å². The van der Waals surface area contributed by atoms with Gasteiger partial charge in [0.15, 0.2) is 0 Å². The summed E-state index contributed by atoms with van der Waals surface area (Å²) in [5.74, 6) is 1.21. The van der Waals surface area contributed by atoms with Crippen LogP contribution in [0, 0.1) is 0 Å². The molecule has 0 fully saturated rings. The van der Waals surface area contributed by atoms with Crippen molar-refractivity contribution in [3.05, 3.63) is 64.7 Å². The van der Waals surface area contributed by atoms with E-state index in [-0.39, 0.29) is 11.6 Å². The molecular formula is C21H24N4O3. The average Bonchev–Trinajstić information content (AvgIpc) is 2.72. The van der Waals surface area contributed by atoms with Gasteiger partial charge in [-0.15, -0.1) is 0 Å². The van der Waals surface area contributed by atoms with Crippen molar-refractivity contribution in [2.75, 3.05) is 19.5 Å². The molecule has 0 aliphatic carbocycles. The van der Waals surface area contributed by atoms with Crippen molar-refractivity contribution >= 4 is 22.6 Å². The van der Waals surface area contributed by atoms with E-state index in [9.17, 15) is 9.59 Å². The monoisotopic (exact) mass is 380 g/mol. The van der Waals surface area contributed by atoms with Crippen LogP contribution in [0.2, 0.25) is 0 Å². The predicted octanol–water partition coefficient (Wildman–Crippen LogP) is 3.65. The number of anilines is 1. The molecule has 0 radical (unpaired) electrons. The van der Waals surface area contributed by atoms with Crippen LogP contribution < -0.4 is 15.6 Å². The van der Waals surface area contributed by atoms with E-state index in [4.69, 9.17) is 4.74 Å². The van der Waals surface area contributed by atoms with Crippen LogP contribution in [-0.4, -0.2) is 34.6 Å². The first-order chi connectivity index (χ1) is 13.5. The number of para-hydroxylation sites is 1. The van der Waals surface area contributed by atoms with Crippen molar-refractivity contribution in [2.45, 2.75) is 26.4 Å². The summed E-state index contributed by atoms with van der Waals surface area (Å²) >= 11 is 0. The molecule has 1 unspecified atom stereocenters. The summed E-state index contributed by atoms with van der Waals surface area (Å²) in [6.45, 7) is 4.22. The molecule has 0 spiro atoms. The van der Waals surface area contributed by atoms with Crippen LogP contribution in [-0.2, 0) is 6.54 Å². The van der Waals surface area contributed by atoms with Crippen LogP contribution in [0.1, 0.15) is 25.7 Å². The Labute approximate surface area is 163 Å². The molecule has 2 aromatic carbocycles. The minimum atomic E-state index is -0.400. The summed E-state index contributed by atoms with van der Waals surface area (Å²) in [6, 6.07) is 13.7. The zero-order chi connectivity index (χ0) is 20.3. The van der Waals surface area contributed by atoms with Gasteiger partial charge < -0.3 is 15.0 Å². The minimum Gasteiger partial charge on any atom is -0.497 e. The van der Waals surface area contributed by atoms with Gasteiger partial charge >= 0.3 is 6.03 Å². The molecule has 7 heteroatoms. The first-order valence-corrected chi connectivity index (χ1v) is 9.13.